The van der Waals surface area contributed by atoms with Gasteiger partial charge >= 0.3 is 0 Å². The molecule has 106 valence electrons. The van der Waals surface area contributed by atoms with Crippen LogP contribution in [0.15, 0.2) is 21.5 Å². The van der Waals surface area contributed by atoms with Crippen molar-refractivity contribution in [3.05, 3.63) is 27.2 Å². The second kappa shape index (κ2) is 6.21. The van der Waals surface area contributed by atoms with Gasteiger partial charge in [-0.15, -0.1) is 0 Å². The maximum Gasteiger partial charge on any atom is 0.251 e. The van der Waals surface area contributed by atoms with Gasteiger partial charge in [-0.3, -0.25) is 4.79 Å². The summed E-state index contributed by atoms with van der Waals surface area (Å²) in [6, 6.07) is 2.56. The predicted molar refractivity (Wildman–Crippen MR) is 77.7 cm³/mol. The van der Waals surface area contributed by atoms with Crippen molar-refractivity contribution >= 4 is 43.5 Å². The molecule has 1 aromatic carbocycles. The summed E-state index contributed by atoms with van der Waals surface area (Å²) in [7, 11) is -3.96. The number of carbonyl (C=O) groups is 1. The molecule has 0 aromatic heterocycles. The first-order valence-corrected chi connectivity index (χ1v) is 8.21. The summed E-state index contributed by atoms with van der Waals surface area (Å²) in [5.41, 5.74) is 0.150. The van der Waals surface area contributed by atoms with Crippen molar-refractivity contribution in [2.75, 3.05) is 0 Å². The van der Waals surface area contributed by atoms with Gasteiger partial charge in [0.2, 0.25) is 10.0 Å². The van der Waals surface area contributed by atoms with Crippen molar-refractivity contribution in [2.45, 2.75) is 31.2 Å². The number of benzene rings is 1. The van der Waals surface area contributed by atoms with Gasteiger partial charge in [-0.1, -0.05) is 18.5 Å². The monoisotopic (exact) mass is 368 g/mol. The molecule has 0 aliphatic carbocycles. The molecule has 0 fully saturated rings. The van der Waals surface area contributed by atoms with Crippen LogP contribution < -0.4 is 10.5 Å². The summed E-state index contributed by atoms with van der Waals surface area (Å²) >= 11 is 8.93. The van der Waals surface area contributed by atoms with Crippen LogP contribution in [-0.4, -0.2) is 20.4 Å². The number of hydrogen-bond acceptors (Lipinski definition) is 3. The smallest absolute Gasteiger partial charge is 0.251 e. The highest BCUT2D eigenvalue weighted by Crippen LogP contribution is 2.30. The highest BCUT2D eigenvalue weighted by molar-refractivity contribution is 9.10. The van der Waals surface area contributed by atoms with Crippen LogP contribution in [0.5, 0.6) is 0 Å². The average molecular weight is 370 g/mol. The third kappa shape index (κ3) is 4.17. The fourth-order valence-corrected chi connectivity index (χ4v) is 3.14. The van der Waals surface area contributed by atoms with Gasteiger partial charge in [-0.25, -0.2) is 13.6 Å². The zero-order valence-electron chi connectivity index (χ0n) is 10.4. The number of nitrogens with two attached hydrogens (primary N) is 1. The predicted octanol–water partition coefficient (Wildman–Crippen LogP) is 2.28. The van der Waals surface area contributed by atoms with E-state index in [0.717, 1.165) is 6.42 Å². The molecular formula is C11H14BrClN2O3S. The molecule has 0 heterocycles. The van der Waals surface area contributed by atoms with E-state index in [9.17, 15) is 13.2 Å². The van der Waals surface area contributed by atoms with E-state index in [4.69, 9.17) is 16.7 Å². The molecule has 1 rings (SSSR count). The second-order valence-electron chi connectivity index (χ2n) is 4.10. The summed E-state index contributed by atoms with van der Waals surface area (Å²) in [6.45, 7) is 3.77. The molecule has 8 heteroatoms. The molecule has 1 atom stereocenters. The Balaban J connectivity index is 3.25. The summed E-state index contributed by atoms with van der Waals surface area (Å²) in [4.78, 5) is 11.7. The Bertz CT molecular complexity index is 604. The Labute approximate surface area is 125 Å². The van der Waals surface area contributed by atoms with Crippen LogP contribution in [0.3, 0.4) is 0 Å². The molecule has 0 radical (unpaired) electrons. The first kappa shape index (κ1) is 16.4. The Morgan fingerprint density at radius 3 is 2.58 bits per heavy atom. The van der Waals surface area contributed by atoms with Gasteiger partial charge in [0.15, 0.2) is 0 Å². The van der Waals surface area contributed by atoms with Crippen molar-refractivity contribution in [1.29, 1.82) is 0 Å². The highest BCUT2D eigenvalue weighted by atomic mass is 79.9. The van der Waals surface area contributed by atoms with Gasteiger partial charge in [0, 0.05) is 11.6 Å². The van der Waals surface area contributed by atoms with Crippen LogP contribution in [0, 0.1) is 0 Å². The normalized spacial score (nSPS) is 13.1. The van der Waals surface area contributed by atoms with E-state index in [2.05, 4.69) is 21.2 Å². The van der Waals surface area contributed by atoms with E-state index in [0.29, 0.717) is 0 Å². The van der Waals surface area contributed by atoms with E-state index in [1.54, 1.807) is 0 Å². The van der Waals surface area contributed by atoms with Crippen LogP contribution in [0.25, 0.3) is 0 Å². The lowest BCUT2D eigenvalue weighted by atomic mass is 10.2. The molecule has 3 N–H and O–H groups in total. The van der Waals surface area contributed by atoms with Gasteiger partial charge < -0.3 is 5.32 Å². The van der Waals surface area contributed by atoms with Crippen LogP contribution in [0.2, 0.25) is 5.02 Å². The summed E-state index contributed by atoms with van der Waals surface area (Å²) in [5, 5.41) is 7.91. The van der Waals surface area contributed by atoms with Crippen molar-refractivity contribution in [3.63, 3.8) is 0 Å². The first-order chi connectivity index (χ1) is 8.66. The minimum Gasteiger partial charge on any atom is -0.350 e. The highest BCUT2D eigenvalue weighted by Gasteiger charge is 2.19. The molecule has 1 aromatic rings. The zero-order chi connectivity index (χ0) is 14.8. The minimum absolute atomic E-state index is 0.0205. The second-order valence-corrected chi connectivity index (χ2v) is 6.83. The van der Waals surface area contributed by atoms with E-state index in [-0.39, 0.29) is 26.0 Å². The summed E-state index contributed by atoms with van der Waals surface area (Å²) in [5.74, 6) is -0.395. The SMILES string of the molecule is CCC(C)NC(=O)c1cc(Cl)c(Br)c(S(N)(=O)=O)c1. The van der Waals surface area contributed by atoms with Crippen LogP contribution in [0.1, 0.15) is 30.6 Å². The summed E-state index contributed by atoms with van der Waals surface area (Å²) in [6.07, 6.45) is 0.762. The lowest BCUT2D eigenvalue weighted by Crippen LogP contribution is -2.32. The van der Waals surface area contributed by atoms with Crippen molar-refractivity contribution < 1.29 is 13.2 Å². The Hall–Kier alpha value is -0.630. The molecule has 1 unspecified atom stereocenters. The van der Waals surface area contributed by atoms with Gasteiger partial charge in [-0.05, 0) is 41.4 Å². The number of amides is 1. The number of sulfonamides is 1. The standard InChI is InChI=1S/C11H14BrClN2O3S/c1-3-6(2)15-11(16)7-4-8(13)10(12)9(5-7)19(14,17)18/h4-6H,3H2,1-2H3,(H,15,16)(H2,14,17,18). The lowest BCUT2D eigenvalue weighted by molar-refractivity contribution is 0.0939. The van der Waals surface area contributed by atoms with E-state index < -0.39 is 15.9 Å². The summed E-state index contributed by atoms with van der Waals surface area (Å²) < 4.78 is 23.0. The number of nitrogens with one attached hydrogen (secondary N) is 1. The van der Waals surface area contributed by atoms with Crippen molar-refractivity contribution in [3.8, 4) is 0 Å². The topological polar surface area (TPSA) is 89.3 Å². The van der Waals surface area contributed by atoms with Crippen LogP contribution >= 0.6 is 27.5 Å². The van der Waals surface area contributed by atoms with Crippen molar-refractivity contribution in [2.24, 2.45) is 5.14 Å². The molecule has 0 spiro atoms. The minimum atomic E-state index is -3.96. The molecule has 0 bridgehead atoms. The van der Waals surface area contributed by atoms with E-state index >= 15 is 0 Å². The number of rotatable bonds is 4. The van der Waals surface area contributed by atoms with E-state index in [1.807, 2.05) is 13.8 Å². The molecule has 0 aliphatic heterocycles. The van der Waals surface area contributed by atoms with E-state index in [1.165, 1.54) is 12.1 Å². The fourth-order valence-electron chi connectivity index (χ4n) is 1.31. The largest absolute Gasteiger partial charge is 0.350 e. The third-order valence-electron chi connectivity index (χ3n) is 2.55. The Morgan fingerprint density at radius 1 is 1.53 bits per heavy atom. The molecule has 19 heavy (non-hydrogen) atoms. The first-order valence-electron chi connectivity index (χ1n) is 5.49. The molecular weight excluding hydrogens is 356 g/mol. The lowest BCUT2D eigenvalue weighted by Gasteiger charge is -2.13. The third-order valence-corrected chi connectivity index (χ3v) is 5.13. The maximum absolute atomic E-state index is 11.9. The molecule has 0 saturated heterocycles. The van der Waals surface area contributed by atoms with Gasteiger partial charge in [0.05, 0.1) is 14.4 Å². The quantitative estimate of drug-likeness (QED) is 0.853. The number of primary sulfonamides is 1. The molecule has 0 saturated carbocycles. The number of hydrogen-bond donors (Lipinski definition) is 2. The maximum atomic E-state index is 11.9. The van der Waals surface area contributed by atoms with Gasteiger partial charge in [0.25, 0.3) is 5.91 Å². The molecule has 5 nitrogen and oxygen atoms in total. The van der Waals surface area contributed by atoms with Gasteiger partial charge in [-0.2, -0.15) is 0 Å². The van der Waals surface area contributed by atoms with Crippen LogP contribution in [0.4, 0.5) is 0 Å². The van der Waals surface area contributed by atoms with Gasteiger partial charge in [0.1, 0.15) is 0 Å². The number of carbonyl (C=O) groups excluding carboxylic acids is 1. The average Bonchev–Trinajstić information content (AvgIpc) is 2.30. The zero-order valence-corrected chi connectivity index (χ0v) is 13.6. The van der Waals surface area contributed by atoms with Crippen LogP contribution in [-0.2, 0) is 10.0 Å². The Kier molecular flexibility index (Phi) is 5.37. The Morgan fingerprint density at radius 2 is 2.11 bits per heavy atom. The fraction of sp³-hybridized carbons (Fsp3) is 0.364. The number of halogens is 2. The molecule has 0 aliphatic rings. The molecule has 1 amide bonds. The van der Waals surface area contributed by atoms with Crippen molar-refractivity contribution in [1.82, 2.24) is 5.32 Å².